The first-order valence-electron chi connectivity index (χ1n) is 6.45. The van der Waals surface area contributed by atoms with Gasteiger partial charge in [-0.1, -0.05) is 31.2 Å². The Morgan fingerprint density at radius 1 is 1.42 bits per heavy atom. The Morgan fingerprint density at radius 2 is 2.11 bits per heavy atom. The Kier molecular flexibility index (Phi) is 4.16. The number of carbonyl (C=O) groups excluding carboxylic acids is 1. The molecule has 0 fully saturated rings. The van der Waals surface area contributed by atoms with Gasteiger partial charge in [0.05, 0.1) is 6.04 Å². The molecular formula is C14H18N2O3. The van der Waals surface area contributed by atoms with Crippen LogP contribution in [0, 0.1) is 0 Å². The minimum Gasteiger partial charge on any atom is -0.480 e. The average molecular weight is 262 g/mol. The van der Waals surface area contributed by atoms with Crippen LogP contribution in [-0.2, 0) is 22.6 Å². The molecule has 0 unspecified atom stereocenters. The lowest BCUT2D eigenvalue weighted by molar-refractivity contribution is -0.142. The predicted octanol–water partition coefficient (Wildman–Crippen LogP) is 0.680. The molecular weight excluding hydrogens is 244 g/mol. The van der Waals surface area contributed by atoms with Crippen LogP contribution in [0.2, 0.25) is 0 Å². The molecule has 1 amide bonds. The van der Waals surface area contributed by atoms with E-state index in [9.17, 15) is 9.59 Å². The van der Waals surface area contributed by atoms with Gasteiger partial charge < -0.3 is 15.7 Å². The third-order valence-corrected chi connectivity index (χ3v) is 3.42. The lowest BCUT2D eigenvalue weighted by atomic mass is 9.95. The second-order valence-corrected chi connectivity index (χ2v) is 4.71. The highest BCUT2D eigenvalue weighted by molar-refractivity contribution is 5.87. The average Bonchev–Trinajstić information content (AvgIpc) is 2.43. The third kappa shape index (κ3) is 3.12. The van der Waals surface area contributed by atoms with Crippen LogP contribution in [-0.4, -0.2) is 29.1 Å². The number of carboxylic acids is 1. The molecule has 0 saturated carbocycles. The predicted molar refractivity (Wildman–Crippen MR) is 70.6 cm³/mol. The molecule has 2 atom stereocenters. The topological polar surface area (TPSA) is 78.4 Å². The van der Waals surface area contributed by atoms with Gasteiger partial charge in [0.25, 0.3) is 0 Å². The van der Waals surface area contributed by atoms with E-state index in [0.29, 0.717) is 19.4 Å². The summed E-state index contributed by atoms with van der Waals surface area (Å²) in [6.45, 7) is 2.38. The van der Waals surface area contributed by atoms with E-state index in [2.05, 4.69) is 10.6 Å². The van der Waals surface area contributed by atoms with Gasteiger partial charge in [-0.05, 0) is 24.0 Å². The minimum absolute atomic E-state index is 0.247. The highest BCUT2D eigenvalue weighted by Crippen LogP contribution is 2.16. The van der Waals surface area contributed by atoms with Gasteiger partial charge in [-0.25, -0.2) is 4.79 Å². The highest BCUT2D eigenvalue weighted by Gasteiger charge is 2.27. The van der Waals surface area contributed by atoms with Crippen LogP contribution in [0.1, 0.15) is 24.5 Å². The maximum atomic E-state index is 12.0. The Balaban J connectivity index is 2.01. The zero-order valence-electron chi connectivity index (χ0n) is 10.8. The number of carboxylic acid groups (broad SMARTS) is 1. The second-order valence-electron chi connectivity index (χ2n) is 4.71. The Morgan fingerprint density at radius 3 is 2.74 bits per heavy atom. The van der Waals surface area contributed by atoms with Gasteiger partial charge in [0.15, 0.2) is 0 Å². The van der Waals surface area contributed by atoms with Crippen molar-refractivity contribution < 1.29 is 14.7 Å². The van der Waals surface area contributed by atoms with E-state index in [4.69, 9.17) is 5.11 Å². The first-order chi connectivity index (χ1) is 9.11. The van der Waals surface area contributed by atoms with Crippen molar-refractivity contribution in [2.75, 3.05) is 0 Å². The standard InChI is InChI=1S/C14H18N2O3/c1-2-11(14(18)19)16-13(17)12-7-9-5-3-4-6-10(9)8-15-12/h3-6,11-12,15H,2,7-8H2,1H3,(H,16,17)(H,18,19)/t11-,12+/m1/s1. The Bertz CT molecular complexity index is 487. The molecule has 1 aliphatic heterocycles. The molecule has 1 aromatic rings. The van der Waals surface area contributed by atoms with E-state index in [0.717, 1.165) is 5.56 Å². The molecule has 0 aromatic heterocycles. The van der Waals surface area contributed by atoms with Gasteiger partial charge in [0.1, 0.15) is 6.04 Å². The van der Waals surface area contributed by atoms with Crippen LogP contribution in [0.3, 0.4) is 0 Å². The lowest BCUT2D eigenvalue weighted by Gasteiger charge is -2.26. The summed E-state index contributed by atoms with van der Waals surface area (Å²) in [7, 11) is 0. The number of rotatable bonds is 4. The summed E-state index contributed by atoms with van der Waals surface area (Å²) in [6, 6.07) is 6.78. The summed E-state index contributed by atoms with van der Waals surface area (Å²) < 4.78 is 0. The van der Waals surface area contributed by atoms with Gasteiger partial charge in [0.2, 0.25) is 5.91 Å². The molecule has 5 heteroatoms. The largest absolute Gasteiger partial charge is 0.480 e. The number of carbonyl (C=O) groups is 2. The summed E-state index contributed by atoms with van der Waals surface area (Å²) in [4.78, 5) is 23.0. The molecule has 0 radical (unpaired) electrons. The van der Waals surface area contributed by atoms with Crippen molar-refractivity contribution in [3.63, 3.8) is 0 Å². The fourth-order valence-corrected chi connectivity index (χ4v) is 2.25. The number of hydrogen-bond donors (Lipinski definition) is 3. The van der Waals surface area contributed by atoms with E-state index in [1.807, 2.05) is 24.3 Å². The van der Waals surface area contributed by atoms with E-state index in [1.54, 1.807) is 6.92 Å². The summed E-state index contributed by atoms with van der Waals surface area (Å²) in [6.07, 6.45) is 0.975. The summed E-state index contributed by atoms with van der Waals surface area (Å²) >= 11 is 0. The molecule has 1 aliphatic rings. The van der Waals surface area contributed by atoms with E-state index < -0.39 is 12.0 Å². The van der Waals surface area contributed by atoms with Crippen molar-refractivity contribution in [1.82, 2.24) is 10.6 Å². The van der Waals surface area contributed by atoms with Gasteiger partial charge in [-0.2, -0.15) is 0 Å². The first-order valence-corrected chi connectivity index (χ1v) is 6.45. The van der Waals surface area contributed by atoms with Crippen molar-refractivity contribution in [3.8, 4) is 0 Å². The fraction of sp³-hybridized carbons (Fsp3) is 0.429. The third-order valence-electron chi connectivity index (χ3n) is 3.42. The quantitative estimate of drug-likeness (QED) is 0.745. The number of fused-ring (bicyclic) bond motifs is 1. The minimum atomic E-state index is -0.993. The van der Waals surface area contributed by atoms with Crippen LogP contribution >= 0.6 is 0 Å². The number of amides is 1. The van der Waals surface area contributed by atoms with E-state index >= 15 is 0 Å². The van der Waals surface area contributed by atoms with E-state index in [1.165, 1.54) is 5.56 Å². The number of aliphatic carboxylic acids is 1. The zero-order valence-corrected chi connectivity index (χ0v) is 10.8. The van der Waals surface area contributed by atoms with Crippen molar-refractivity contribution in [1.29, 1.82) is 0 Å². The Hall–Kier alpha value is -1.88. The summed E-state index contributed by atoms with van der Waals surface area (Å²) in [5.74, 6) is -1.24. The molecule has 0 bridgehead atoms. The van der Waals surface area contributed by atoms with Gasteiger partial charge in [-0.3, -0.25) is 4.79 Å². The monoisotopic (exact) mass is 262 g/mol. The molecule has 1 aromatic carbocycles. The molecule has 1 heterocycles. The fourth-order valence-electron chi connectivity index (χ4n) is 2.25. The normalized spacial score (nSPS) is 19.3. The maximum absolute atomic E-state index is 12.0. The van der Waals surface area contributed by atoms with Crippen LogP contribution < -0.4 is 10.6 Å². The lowest BCUT2D eigenvalue weighted by Crippen LogP contribution is -2.52. The van der Waals surface area contributed by atoms with Crippen LogP contribution in [0.5, 0.6) is 0 Å². The zero-order chi connectivity index (χ0) is 13.8. The molecule has 5 nitrogen and oxygen atoms in total. The van der Waals surface area contributed by atoms with Crippen LogP contribution in [0.4, 0.5) is 0 Å². The van der Waals surface area contributed by atoms with Gasteiger partial charge in [0, 0.05) is 6.54 Å². The first kappa shape index (κ1) is 13.5. The molecule has 19 heavy (non-hydrogen) atoms. The molecule has 0 spiro atoms. The molecule has 102 valence electrons. The second kappa shape index (κ2) is 5.84. The maximum Gasteiger partial charge on any atom is 0.326 e. The van der Waals surface area contributed by atoms with Crippen molar-refractivity contribution >= 4 is 11.9 Å². The molecule has 3 N–H and O–H groups in total. The van der Waals surface area contributed by atoms with Gasteiger partial charge >= 0.3 is 5.97 Å². The van der Waals surface area contributed by atoms with Crippen molar-refractivity contribution in [3.05, 3.63) is 35.4 Å². The summed E-state index contributed by atoms with van der Waals surface area (Å²) in [5, 5.41) is 14.6. The van der Waals surface area contributed by atoms with Crippen molar-refractivity contribution in [2.24, 2.45) is 0 Å². The molecule has 0 saturated heterocycles. The SMILES string of the molecule is CC[C@@H](NC(=O)[C@@H]1Cc2ccccc2CN1)C(=O)O. The smallest absolute Gasteiger partial charge is 0.326 e. The van der Waals surface area contributed by atoms with Crippen molar-refractivity contribution in [2.45, 2.75) is 38.4 Å². The van der Waals surface area contributed by atoms with Crippen LogP contribution in [0.15, 0.2) is 24.3 Å². The molecule has 2 rings (SSSR count). The number of hydrogen-bond acceptors (Lipinski definition) is 3. The Labute approximate surface area is 112 Å². The number of nitrogens with one attached hydrogen (secondary N) is 2. The van der Waals surface area contributed by atoms with Crippen LogP contribution in [0.25, 0.3) is 0 Å². The summed E-state index contributed by atoms with van der Waals surface area (Å²) in [5.41, 5.74) is 2.33. The number of benzene rings is 1. The molecule has 0 aliphatic carbocycles. The van der Waals surface area contributed by atoms with E-state index in [-0.39, 0.29) is 11.9 Å². The van der Waals surface area contributed by atoms with Gasteiger partial charge in [-0.15, -0.1) is 0 Å². The highest BCUT2D eigenvalue weighted by atomic mass is 16.4.